The zero-order valence-corrected chi connectivity index (χ0v) is 10.2. The monoisotopic (exact) mass is 243 g/mol. The Kier molecular flexibility index (Phi) is 5.06. The highest BCUT2D eigenvalue weighted by molar-refractivity contribution is 5.85. The zero-order chi connectivity index (χ0) is 10.7. The van der Waals surface area contributed by atoms with Crippen molar-refractivity contribution in [2.24, 2.45) is 0 Å². The lowest BCUT2D eigenvalue weighted by atomic mass is 9.95. The zero-order valence-electron chi connectivity index (χ0n) is 9.35. The number of nitrogens with one attached hydrogen (secondary N) is 1. The lowest BCUT2D eigenvalue weighted by Crippen LogP contribution is -2.34. The summed E-state index contributed by atoms with van der Waals surface area (Å²) in [7, 11) is 1.68. The quantitative estimate of drug-likeness (QED) is 0.834. The van der Waals surface area contributed by atoms with E-state index in [0.29, 0.717) is 0 Å². The van der Waals surface area contributed by atoms with E-state index in [4.69, 9.17) is 4.74 Å². The molecule has 3 nitrogen and oxygen atoms in total. The number of ether oxygens (including phenoxy) is 1. The summed E-state index contributed by atoms with van der Waals surface area (Å²) >= 11 is 0. The predicted octanol–water partition coefficient (Wildman–Crippen LogP) is 1.90. The highest BCUT2D eigenvalue weighted by Gasteiger charge is 2.22. The summed E-state index contributed by atoms with van der Waals surface area (Å²) < 4.78 is 5.31. The first-order valence-corrected chi connectivity index (χ1v) is 5.35. The number of halogens is 1. The van der Waals surface area contributed by atoms with Gasteiger partial charge >= 0.3 is 0 Å². The van der Waals surface area contributed by atoms with E-state index in [1.807, 2.05) is 18.2 Å². The Hall–Kier alpha value is -0.770. The molecular formula is C12H18ClNO2. The summed E-state index contributed by atoms with van der Waals surface area (Å²) in [5.41, 5.74) is 1.14. The van der Waals surface area contributed by atoms with Crippen LogP contribution in [0.5, 0.6) is 5.75 Å². The van der Waals surface area contributed by atoms with E-state index in [2.05, 4.69) is 11.4 Å². The number of hydrogen-bond acceptors (Lipinski definition) is 3. The van der Waals surface area contributed by atoms with Crippen LogP contribution in [0.2, 0.25) is 0 Å². The van der Waals surface area contributed by atoms with E-state index < -0.39 is 0 Å². The molecule has 1 aromatic carbocycles. The number of para-hydroxylation sites is 1. The number of methoxy groups -OCH3 is 1. The molecule has 0 aliphatic carbocycles. The van der Waals surface area contributed by atoms with E-state index in [1.54, 1.807) is 7.11 Å². The van der Waals surface area contributed by atoms with Gasteiger partial charge in [0.05, 0.1) is 13.2 Å². The molecule has 90 valence electrons. The molecule has 0 bridgehead atoms. The third-order valence-electron chi connectivity index (χ3n) is 2.89. The van der Waals surface area contributed by atoms with Crippen LogP contribution >= 0.6 is 12.4 Å². The van der Waals surface area contributed by atoms with E-state index in [9.17, 15) is 5.11 Å². The average molecular weight is 244 g/mol. The summed E-state index contributed by atoms with van der Waals surface area (Å²) in [5.74, 6) is 0.893. The van der Waals surface area contributed by atoms with E-state index in [-0.39, 0.29) is 24.6 Å². The fraction of sp³-hybridized carbons (Fsp3) is 0.500. The Morgan fingerprint density at radius 2 is 2.12 bits per heavy atom. The van der Waals surface area contributed by atoms with E-state index >= 15 is 0 Å². The largest absolute Gasteiger partial charge is 0.496 e. The molecule has 4 heteroatoms. The van der Waals surface area contributed by atoms with Crippen molar-refractivity contribution in [3.05, 3.63) is 29.8 Å². The van der Waals surface area contributed by atoms with Gasteiger partial charge in [-0.15, -0.1) is 12.4 Å². The van der Waals surface area contributed by atoms with Gasteiger partial charge in [-0.25, -0.2) is 0 Å². The number of benzene rings is 1. The van der Waals surface area contributed by atoms with Crippen LogP contribution in [0, 0.1) is 0 Å². The summed E-state index contributed by atoms with van der Waals surface area (Å²) in [4.78, 5) is 0. The normalized spacial score (nSPS) is 24.6. The first kappa shape index (κ1) is 13.3. The lowest BCUT2D eigenvalue weighted by molar-refractivity contribution is 0.116. The van der Waals surface area contributed by atoms with Gasteiger partial charge in [-0.3, -0.25) is 0 Å². The Labute approximate surface area is 102 Å². The van der Waals surface area contributed by atoms with Gasteiger partial charge in [0.2, 0.25) is 0 Å². The third kappa shape index (κ3) is 2.88. The van der Waals surface area contributed by atoms with Gasteiger partial charge in [-0.2, -0.15) is 0 Å². The third-order valence-corrected chi connectivity index (χ3v) is 2.89. The van der Waals surface area contributed by atoms with Crippen molar-refractivity contribution >= 4 is 12.4 Å². The van der Waals surface area contributed by atoms with Gasteiger partial charge in [-0.05, 0) is 25.5 Å². The fourth-order valence-electron chi connectivity index (χ4n) is 2.09. The molecule has 1 fully saturated rings. The number of aliphatic hydroxyl groups excluding tert-OH is 1. The van der Waals surface area contributed by atoms with Gasteiger partial charge < -0.3 is 15.2 Å². The van der Waals surface area contributed by atoms with Gasteiger partial charge in [0.15, 0.2) is 0 Å². The second-order valence-corrected chi connectivity index (χ2v) is 3.93. The number of piperidine rings is 1. The molecular weight excluding hydrogens is 226 g/mol. The van der Waals surface area contributed by atoms with Crippen LogP contribution in [0.3, 0.4) is 0 Å². The predicted molar refractivity (Wildman–Crippen MR) is 66.2 cm³/mol. The van der Waals surface area contributed by atoms with Crippen LogP contribution in [-0.2, 0) is 0 Å². The Balaban J connectivity index is 0.00000128. The van der Waals surface area contributed by atoms with E-state index in [0.717, 1.165) is 30.7 Å². The second kappa shape index (κ2) is 6.09. The summed E-state index contributed by atoms with van der Waals surface area (Å²) in [5, 5.41) is 13.0. The molecule has 1 heterocycles. The first-order valence-electron chi connectivity index (χ1n) is 5.35. The van der Waals surface area contributed by atoms with Crippen molar-refractivity contribution in [3.63, 3.8) is 0 Å². The van der Waals surface area contributed by atoms with Crippen LogP contribution in [-0.4, -0.2) is 24.9 Å². The summed E-state index contributed by atoms with van der Waals surface area (Å²) in [6.07, 6.45) is 1.41. The summed E-state index contributed by atoms with van der Waals surface area (Å²) in [6, 6.07) is 8.18. The molecule has 0 saturated carbocycles. The van der Waals surface area contributed by atoms with Crippen LogP contribution in [0.4, 0.5) is 0 Å². The van der Waals surface area contributed by atoms with Crippen LogP contribution < -0.4 is 10.1 Å². The van der Waals surface area contributed by atoms with Crippen LogP contribution in [0.1, 0.15) is 24.4 Å². The molecule has 0 radical (unpaired) electrons. The Morgan fingerprint density at radius 3 is 2.81 bits per heavy atom. The maximum atomic E-state index is 9.62. The van der Waals surface area contributed by atoms with E-state index in [1.165, 1.54) is 0 Å². The number of rotatable bonds is 2. The smallest absolute Gasteiger partial charge is 0.123 e. The Bertz CT molecular complexity index is 333. The fourth-order valence-corrected chi connectivity index (χ4v) is 2.09. The average Bonchev–Trinajstić information content (AvgIpc) is 2.29. The SMILES string of the molecule is COc1ccccc1C1CC(O)CCN1.Cl. The minimum Gasteiger partial charge on any atom is -0.496 e. The first-order chi connectivity index (χ1) is 7.31. The van der Waals surface area contributed by atoms with Crippen molar-refractivity contribution in [1.82, 2.24) is 5.32 Å². The highest BCUT2D eigenvalue weighted by atomic mass is 35.5. The minimum atomic E-state index is -0.193. The minimum absolute atomic E-state index is 0. The molecule has 16 heavy (non-hydrogen) atoms. The van der Waals surface area contributed by atoms with Crippen molar-refractivity contribution in [2.45, 2.75) is 25.0 Å². The van der Waals surface area contributed by atoms with Gasteiger partial charge in [0.1, 0.15) is 5.75 Å². The topological polar surface area (TPSA) is 41.5 Å². The lowest BCUT2D eigenvalue weighted by Gasteiger charge is -2.28. The van der Waals surface area contributed by atoms with Gasteiger partial charge in [0.25, 0.3) is 0 Å². The van der Waals surface area contributed by atoms with Gasteiger partial charge in [0, 0.05) is 11.6 Å². The molecule has 2 N–H and O–H groups in total. The molecule has 1 aromatic rings. The van der Waals surface area contributed by atoms with Crippen molar-refractivity contribution in [3.8, 4) is 5.75 Å². The van der Waals surface area contributed by atoms with Gasteiger partial charge in [-0.1, -0.05) is 18.2 Å². The molecule has 2 rings (SSSR count). The summed E-state index contributed by atoms with van der Waals surface area (Å²) in [6.45, 7) is 0.865. The standard InChI is InChI=1S/C12H17NO2.ClH/c1-15-12-5-3-2-4-10(12)11-8-9(14)6-7-13-11;/h2-5,9,11,13-14H,6-8H2,1H3;1H. The molecule has 2 unspecified atom stereocenters. The van der Waals surface area contributed by atoms with Crippen molar-refractivity contribution in [2.75, 3.05) is 13.7 Å². The van der Waals surface area contributed by atoms with Crippen molar-refractivity contribution < 1.29 is 9.84 Å². The highest BCUT2D eigenvalue weighted by Crippen LogP contribution is 2.30. The molecule has 1 saturated heterocycles. The molecule has 1 aliphatic heterocycles. The van der Waals surface area contributed by atoms with Crippen LogP contribution in [0.15, 0.2) is 24.3 Å². The molecule has 0 aromatic heterocycles. The number of hydrogen-bond donors (Lipinski definition) is 2. The molecule has 2 atom stereocenters. The molecule has 1 aliphatic rings. The number of aliphatic hydroxyl groups is 1. The molecule has 0 amide bonds. The maximum absolute atomic E-state index is 9.62. The second-order valence-electron chi connectivity index (χ2n) is 3.93. The van der Waals surface area contributed by atoms with Crippen LogP contribution in [0.25, 0.3) is 0 Å². The molecule has 0 spiro atoms. The van der Waals surface area contributed by atoms with Crippen molar-refractivity contribution in [1.29, 1.82) is 0 Å². The Morgan fingerprint density at radius 1 is 1.38 bits per heavy atom. The maximum Gasteiger partial charge on any atom is 0.123 e.